The van der Waals surface area contributed by atoms with Gasteiger partial charge in [-0.15, -0.1) is 0 Å². The Hall–Kier alpha value is -0.340. The molecule has 0 N–H and O–H groups in total. The van der Waals surface area contributed by atoms with E-state index in [4.69, 9.17) is 23.2 Å². The zero-order valence-electron chi connectivity index (χ0n) is 7.84. The van der Waals surface area contributed by atoms with Crippen LogP contribution in [0, 0.1) is 0 Å². The maximum absolute atomic E-state index is 6.07. The lowest BCUT2D eigenvalue weighted by atomic mass is 9.87. The van der Waals surface area contributed by atoms with Gasteiger partial charge in [0.25, 0.3) is 0 Å². The summed E-state index contributed by atoms with van der Waals surface area (Å²) in [6.45, 7) is 0. The van der Waals surface area contributed by atoms with Gasteiger partial charge in [0, 0.05) is 5.92 Å². The van der Waals surface area contributed by atoms with E-state index in [1.165, 1.54) is 38.4 Å². The van der Waals surface area contributed by atoms with Crippen molar-refractivity contribution in [3.05, 3.63) is 22.2 Å². The van der Waals surface area contributed by atoms with Crippen LogP contribution in [0.3, 0.4) is 0 Å². The van der Waals surface area contributed by atoms with Crippen molar-refractivity contribution in [2.75, 3.05) is 0 Å². The number of nitrogens with zero attached hydrogens (tertiary/aromatic N) is 2. The zero-order chi connectivity index (χ0) is 9.97. The molecule has 0 bridgehead atoms. The zero-order valence-corrected chi connectivity index (χ0v) is 9.35. The summed E-state index contributed by atoms with van der Waals surface area (Å²) in [5, 5.41) is 0.920. The summed E-state index contributed by atoms with van der Waals surface area (Å²) in [5.41, 5.74) is 0.936. The number of aromatic nitrogens is 2. The quantitative estimate of drug-likeness (QED) is 0.686. The molecule has 0 aliphatic heterocycles. The van der Waals surface area contributed by atoms with Gasteiger partial charge in [0.15, 0.2) is 5.15 Å². The summed E-state index contributed by atoms with van der Waals surface area (Å²) >= 11 is 11.9. The van der Waals surface area contributed by atoms with Gasteiger partial charge in [0.1, 0.15) is 6.33 Å². The topological polar surface area (TPSA) is 25.8 Å². The molecule has 0 spiro atoms. The van der Waals surface area contributed by atoms with E-state index in [1.807, 2.05) is 0 Å². The standard InChI is InChI=1S/C10H12Cl2N2/c11-8-9(13-6-14-10(8)12)7-4-2-1-3-5-7/h6-7H,1-5H2. The highest BCUT2D eigenvalue weighted by atomic mass is 35.5. The fraction of sp³-hybridized carbons (Fsp3) is 0.600. The van der Waals surface area contributed by atoms with Gasteiger partial charge in [-0.25, -0.2) is 9.97 Å². The number of halogens is 2. The molecule has 0 atom stereocenters. The van der Waals surface area contributed by atoms with Crippen molar-refractivity contribution >= 4 is 23.2 Å². The molecule has 2 rings (SSSR count). The molecule has 1 aromatic rings. The molecule has 14 heavy (non-hydrogen) atoms. The lowest BCUT2D eigenvalue weighted by molar-refractivity contribution is 0.436. The maximum Gasteiger partial charge on any atom is 0.151 e. The fourth-order valence-corrected chi connectivity index (χ4v) is 2.41. The third kappa shape index (κ3) is 2.01. The SMILES string of the molecule is Clc1ncnc(C2CCCCC2)c1Cl. The van der Waals surface area contributed by atoms with Crippen LogP contribution in [0.15, 0.2) is 6.33 Å². The summed E-state index contributed by atoms with van der Waals surface area (Å²) in [4.78, 5) is 8.09. The maximum atomic E-state index is 6.07. The van der Waals surface area contributed by atoms with Gasteiger partial charge in [-0.1, -0.05) is 42.5 Å². The molecule has 0 aromatic carbocycles. The number of hydrogen-bond acceptors (Lipinski definition) is 2. The van der Waals surface area contributed by atoms with Gasteiger partial charge in [-0.2, -0.15) is 0 Å². The molecule has 0 radical (unpaired) electrons. The first-order valence-electron chi connectivity index (χ1n) is 4.95. The van der Waals surface area contributed by atoms with Crippen LogP contribution in [-0.2, 0) is 0 Å². The second-order valence-electron chi connectivity index (χ2n) is 3.70. The largest absolute Gasteiger partial charge is 0.239 e. The van der Waals surface area contributed by atoms with E-state index >= 15 is 0 Å². The highest BCUT2D eigenvalue weighted by Crippen LogP contribution is 2.36. The Kier molecular flexibility index (Phi) is 3.24. The van der Waals surface area contributed by atoms with Crippen LogP contribution in [0.1, 0.15) is 43.7 Å². The molecule has 0 saturated heterocycles. The first kappa shape index (κ1) is 10.2. The van der Waals surface area contributed by atoms with Gasteiger partial charge in [-0.3, -0.25) is 0 Å². The molecular formula is C10H12Cl2N2. The fourth-order valence-electron chi connectivity index (χ4n) is 2.02. The summed E-state index contributed by atoms with van der Waals surface area (Å²) in [5.74, 6) is 0.483. The van der Waals surface area contributed by atoms with Crippen LogP contribution in [0.2, 0.25) is 10.2 Å². The molecule has 1 saturated carbocycles. The third-order valence-electron chi connectivity index (χ3n) is 2.77. The van der Waals surface area contributed by atoms with Crippen LogP contribution in [0.5, 0.6) is 0 Å². The summed E-state index contributed by atoms with van der Waals surface area (Å²) in [6.07, 6.45) is 7.70. The normalized spacial score (nSPS) is 18.4. The highest BCUT2D eigenvalue weighted by molar-refractivity contribution is 6.41. The Morgan fingerprint density at radius 2 is 1.79 bits per heavy atom. The molecule has 2 nitrogen and oxygen atoms in total. The van der Waals surface area contributed by atoms with Crippen molar-refractivity contribution in [1.29, 1.82) is 0 Å². The van der Waals surface area contributed by atoms with Gasteiger partial charge < -0.3 is 0 Å². The lowest BCUT2D eigenvalue weighted by Gasteiger charge is -2.21. The average molecular weight is 231 g/mol. The minimum absolute atomic E-state index is 0.377. The summed E-state index contributed by atoms with van der Waals surface area (Å²) in [6, 6.07) is 0. The molecule has 1 fully saturated rings. The van der Waals surface area contributed by atoms with E-state index in [1.54, 1.807) is 0 Å². The van der Waals surface area contributed by atoms with Gasteiger partial charge >= 0.3 is 0 Å². The summed E-state index contributed by atoms with van der Waals surface area (Å²) in [7, 11) is 0. The van der Waals surface area contributed by atoms with Crippen molar-refractivity contribution in [1.82, 2.24) is 9.97 Å². The Morgan fingerprint density at radius 3 is 2.50 bits per heavy atom. The second-order valence-corrected chi connectivity index (χ2v) is 4.43. The van der Waals surface area contributed by atoms with Crippen molar-refractivity contribution in [2.24, 2.45) is 0 Å². The predicted octanol–water partition coefficient (Wildman–Crippen LogP) is 3.83. The number of hydrogen-bond donors (Lipinski definition) is 0. The van der Waals surface area contributed by atoms with Crippen molar-refractivity contribution in [2.45, 2.75) is 38.0 Å². The van der Waals surface area contributed by atoms with E-state index in [0.29, 0.717) is 16.1 Å². The Morgan fingerprint density at radius 1 is 1.07 bits per heavy atom. The monoisotopic (exact) mass is 230 g/mol. The molecule has 1 heterocycles. The second kappa shape index (κ2) is 4.45. The van der Waals surface area contributed by atoms with Crippen LogP contribution < -0.4 is 0 Å². The third-order valence-corrected chi connectivity index (χ3v) is 3.52. The van der Waals surface area contributed by atoms with Crippen LogP contribution >= 0.6 is 23.2 Å². The van der Waals surface area contributed by atoms with Gasteiger partial charge in [0.2, 0.25) is 0 Å². The Balaban J connectivity index is 2.26. The Labute approximate surface area is 93.7 Å². The van der Waals surface area contributed by atoms with E-state index < -0.39 is 0 Å². The van der Waals surface area contributed by atoms with Crippen LogP contribution in [0.25, 0.3) is 0 Å². The molecule has 0 unspecified atom stereocenters. The van der Waals surface area contributed by atoms with E-state index in [0.717, 1.165) is 5.69 Å². The first-order valence-corrected chi connectivity index (χ1v) is 5.70. The minimum atomic E-state index is 0.377. The molecule has 1 aromatic heterocycles. The average Bonchev–Trinajstić information content (AvgIpc) is 2.23. The predicted molar refractivity (Wildman–Crippen MR) is 57.9 cm³/mol. The number of rotatable bonds is 1. The first-order chi connectivity index (χ1) is 6.79. The van der Waals surface area contributed by atoms with E-state index in [9.17, 15) is 0 Å². The van der Waals surface area contributed by atoms with E-state index in [-0.39, 0.29) is 0 Å². The van der Waals surface area contributed by atoms with Crippen LogP contribution in [-0.4, -0.2) is 9.97 Å². The lowest BCUT2D eigenvalue weighted by Crippen LogP contribution is -2.07. The minimum Gasteiger partial charge on any atom is -0.239 e. The molecule has 0 amide bonds. The van der Waals surface area contributed by atoms with Crippen molar-refractivity contribution in [3.63, 3.8) is 0 Å². The molecule has 1 aliphatic carbocycles. The molecule has 1 aliphatic rings. The molecule has 4 heteroatoms. The van der Waals surface area contributed by atoms with Gasteiger partial charge in [0.05, 0.1) is 10.7 Å². The van der Waals surface area contributed by atoms with Crippen molar-refractivity contribution in [3.8, 4) is 0 Å². The Bertz CT molecular complexity index is 322. The summed E-state index contributed by atoms with van der Waals surface area (Å²) < 4.78 is 0. The smallest absolute Gasteiger partial charge is 0.151 e. The highest BCUT2D eigenvalue weighted by Gasteiger charge is 2.20. The van der Waals surface area contributed by atoms with Crippen molar-refractivity contribution < 1.29 is 0 Å². The van der Waals surface area contributed by atoms with Gasteiger partial charge in [-0.05, 0) is 12.8 Å². The molecular weight excluding hydrogens is 219 g/mol. The molecule has 76 valence electrons. The van der Waals surface area contributed by atoms with E-state index in [2.05, 4.69) is 9.97 Å². The van der Waals surface area contributed by atoms with Crippen LogP contribution in [0.4, 0.5) is 0 Å².